The molecule has 0 amide bonds. The fourth-order valence-electron chi connectivity index (χ4n) is 7.04. The molecule has 230 valence electrons. The molecule has 0 saturated heterocycles. The van der Waals surface area contributed by atoms with Crippen molar-refractivity contribution >= 4 is 81.3 Å². The van der Waals surface area contributed by atoms with Crippen LogP contribution in [0.5, 0.6) is 0 Å². The Bertz CT molecular complexity index is 2830. The first-order valence-corrected chi connectivity index (χ1v) is 17.3. The highest BCUT2D eigenvalue weighted by Crippen LogP contribution is 2.41. The summed E-state index contributed by atoms with van der Waals surface area (Å²) in [7, 11) is 0. The van der Waals surface area contributed by atoms with Crippen LogP contribution in [-0.2, 0) is 0 Å². The minimum absolute atomic E-state index is 0.802. The van der Waals surface area contributed by atoms with E-state index in [4.69, 9.17) is 9.40 Å². The molecule has 0 aliphatic carbocycles. The summed E-state index contributed by atoms with van der Waals surface area (Å²) in [6.45, 7) is 0. The summed E-state index contributed by atoms with van der Waals surface area (Å²) in [4.78, 5) is 7.12. The van der Waals surface area contributed by atoms with Crippen LogP contribution >= 0.6 is 11.3 Å². The second-order valence-corrected chi connectivity index (χ2v) is 13.5. The minimum Gasteiger partial charge on any atom is -0.454 e. The van der Waals surface area contributed by atoms with Gasteiger partial charge in [-0.3, -0.25) is 4.98 Å². The highest BCUT2D eigenvalue weighted by molar-refractivity contribution is 7.25. The molecule has 0 unspecified atom stereocenters. The molecule has 0 saturated carbocycles. The van der Waals surface area contributed by atoms with Crippen LogP contribution in [0.4, 0.5) is 17.1 Å². The van der Waals surface area contributed by atoms with Crippen molar-refractivity contribution in [2.45, 2.75) is 0 Å². The fourth-order valence-corrected chi connectivity index (χ4v) is 8.13. The first kappa shape index (κ1) is 27.8. The number of anilines is 3. The molecule has 0 spiro atoms. The Morgan fingerprint density at radius 2 is 1.08 bits per heavy atom. The number of nitrogens with zero attached hydrogens (tertiary/aromatic N) is 2. The SMILES string of the molecule is c1ccc2cc(-c3ccc(N(c4ccc(-c5cc6c(cn5)oc5ccccc56)cc4)c4ccc5sc6ccccc6c5c4)cc3)ccc2c1. The van der Waals surface area contributed by atoms with E-state index in [9.17, 15) is 0 Å². The van der Waals surface area contributed by atoms with E-state index in [0.717, 1.165) is 50.3 Å². The molecule has 0 N–H and O–H groups in total. The Morgan fingerprint density at radius 1 is 0.429 bits per heavy atom. The number of hydrogen-bond acceptors (Lipinski definition) is 4. The van der Waals surface area contributed by atoms with Gasteiger partial charge in [-0.1, -0.05) is 97.1 Å². The van der Waals surface area contributed by atoms with Gasteiger partial charge in [-0.15, -0.1) is 11.3 Å². The summed E-state index contributed by atoms with van der Waals surface area (Å²) in [5, 5.41) is 7.25. The first-order chi connectivity index (χ1) is 24.2. The van der Waals surface area contributed by atoms with Gasteiger partial charge in [0, 0.05) is 53.6 Å². The molecule has 4 heteroatoms. The van der Waals surface area contributed by atoms with E-state index in [0.29, 0.717) is 0 Å². The molecular formula is C45H28N2OS. The molecule has 0 aliphatic heterocycles. The quantitative estimate of drug-likeness (QED) is 0.187. The van der Waals surface area contributed by atoms with Crippen LogP contribution in [0.1, 0.15) is 0 Å². The number of aromatic nitrogens is 1. The van der Waals surface area contributed by atoms with Crippen molar-refractivity contribution < 1.29 is 4.42 Å². The predicted octanol–water partition coefficient (Wildman–Crippen LogP) is 13.3. The van der Waals surface area contributed by atoms with E-state index in [1.165, 1.54) is 42.1 Å². The van der Waals surface area contributed by atoms with Crippen molar-refractivity contribution in [1.29, 1.82) is 0 Å². The lowest BCUT2D eigenvalue weighted by Crippen LogP contribution is -2.09. The van der Waals surface area contributed by atoms with E-state index in [-0.39, 0.29) is 0 Å². The molecule has 0 fully saturated rings. The predicted molar refractivity (Wildman–Crippen MR) is 207 cm³/mol. The van der Waals surface area contributed by atoms with Crippen LogP contribution < -0.4 is 4.90 Å². The van der Waals surface area contributed by atoms with Crippen molar-refractivity contribution in [2.24, 2.45) is 0 Å². The molecule has 0 aliphatic rings. The molecule has 0 bridgehead atoms. The summed E-state index contributed by atoms with van der Waals surface area (Å²) in [6, 6.07) is 58.6. The van der Waals surface area contributed by atoms with E-state index in [2.05, 4.69) is 150 Å². The lowest BCUT2D eigenvalue weighted by atomic mass is 10.0. The van der Waals surface area contributed by atoms with Gasteiger partial charge in [0.05, 0.1) is 11.9 Å². The molecule has 0 atom stereocenters. The van der Waals surface area contributed by atoms with Crippen LogP contribution in [0.2, 0.25) is 0 Å². The molecule has 3 heterocycles. The second-order valence-electron chi connectivity index (χ2n) is 12.4. The largest absolute Gasteiger partial charge is 0.454 e. The summed E-state index contributed by atoms with van der Waals surface area (Å²) < 4.78 is 8.63. The van der Waals surface area contributed by atoms with Crippen LogP contribution in [-0.4, -0.2) is 4.98 Å². The van der Waals surface area contributed by atoms with Gasteiger partial charge in [-0.25, -0.2) is 0 Å². The van der Waals surface area contributed by atoms with E-state index < -0.39 is 0 Å². The van der Waals surface area contributed by atoms with Gasteiger partial charge in [0.2, 0.25) is 0 Å². The number of pyridine rings is 1. The monoisotopic (exact) mass is 644 g/mol. The Kier molecular flexibility index (Phi) is 6.36. The Labute approximate surface area is 286 Å². The minimum atomic E-state index is 0.802. The van der Waals surface area contributed by atoms with Crippen molar-refractivity contribution in [3.63, 3.8) is 0 Å². The Morgan fingerprint density at radius 3 is 1.92 bits per heavy atom. The van der Waals surface area contributed by atoms with Gasteiger partial charge in [-0.2, -0.15) is 0 Å². The van der Waals surface area contributed by atoms with Crippen molar-refractivity contribution in [3.8, 4) is 22.4 Å². The average molecular weight is 645 g/mol. The third kappa shape index (κ3) is 4.76. The number of furan rings is 1. The summed E-state index contributed by atoms with van der Waals surface area (Å²) in [5.74, 6) is 0. The van der Waals surface area contributed by atoms with Crippen LogP contribution in [0, 0.1) is 0 Å². The van der Waals surface area contributed by atoms with Gasteiger partial charge >= 0.3 is 0 Å². The fraction of sp³-hybridized carbons (Fsp3) is 0. The first-order valence-electron chi connectivity index (χ1n) is 16.4. The molecule has 49 heavy (non-hydrogen) atoms. The zero-order valence-corrected chi connectivity index (χ0v) is 27.2. The number of benzene rings is 7. The van der Waals surface area contributed by atoms with Crippen molar-refractivity contribution in [1.82, 2.24) is 4.98 Å². The zero-order valence-electron chi connectivity index (χ0n) is 26.4. The molecule has 7 aromatic carbocycles. The van der Waals surface area contributed by atoms with E-state index in [1.807, 2.05) is 35.7 Å². The van der Waals surface area contributed by atoms with E-state index in [1.54, 1.807) is 0 Å². The highest BCUT2D eigenvalue weighted by atomic mass is 32.1. The molecule has 3 nitrogen and oxygen atoms in total. The maximum Gasteiger partial charge on any atom is 0.153 e. The Hall–Kier alpha value is -6.23. The molecule has 10 rings (SSSR count). The van der Waals surface area contributed by atoms with Crippen molar-refractivity contribution in [3.05, 3.63) is 170 Å². The number of fused-ring (bicyclic) bond motifs is 7. The smallest absolute Gasteiger partial charge is 0.153 e. The van der Waals surface area contributed by atoms with Gasteiger partial charge in [-0.05, 0) is 88.6 Å². The lowest BCUT2D eigenvalue weighted by Gasteiger charge is -2.26. The van der Waals surface area contributed by atoms with Crippen molar-refractivity contribution in [2.75, 3.05) is 4.90 Å². The average Bonchev–Trinajstić information content (AvgIpc) is 3.73. The molecular weight excluding hydrogens is 617 g/mol. The van der Waals surface area contributed by atoms with Gasteiger partial charge in [0.15, 0.2) is 5.58 Å². The number of para-hydroxylation sites is 1. The topological polar surface area (TPSA) is 29.3 Å². The summed E-state index contributed by atoms with van der Waals surface area (Å²) >= 11 is 1.84. The zero-order chi connectivity index (χ0) is 32.3. The van der Waals surface area contributed by atoms with Crippen LogP contribution in [0.3, 0.4) is 0 Å². The third-order valence-electron chi connectivity index (χ3n) is 9.51. The number of rotatable bonds is 5. The van der Waals surface area contributed by atoms with Crippen LogP contribution in [0.15, 0.2) is 174 Å². The molecule has 0 radical (unpaired) electrons. The second kappa shape index (κ2) is 11.2. The maximum absolute atomic E-state index is 6.03. The maximum atomic E-state index is 6.03. The standard InChI is InChI=1S/C45H28N2OS/c1-2-8-32-25-33(14-13-29(32)7-1)30-15-19-34(20-16-30)47(36-23-24-45-40(26-36)38-10-4-6-12-44(38)49-45)35-21-17-31(18-22-35)41-27-39-37-9-3-5-11-42(37)48-43(39)28-46-41/h1-28H. The normalized spacial score (nSPS) is 11.7. The Balaban J connectivity index is 1.07. The van der Waals surface area contributed by atoms with Gasteiger partial charge < -0.3 is 9.32 Å². The highest BCUT2D eigenvalue weighted by Gasteiger charge is 2.16. The lowest BCUT2D eigenvalue weighted by molar-refractivity contribution is 0.667. The third-order valence-corrected chi connectivity index (χ3v) is 10.7. The summed E-state index contributed by atoms with van der Waals surface area (Å²) in [6.07, 6.45) is 1.84. The van der Waals surface area contributed by atoms with E-state index >= 15 is 0 Å². The summed E-state index contributed by atoms with van der Waals surface area (Å²) in [5.41, 5.74) is 9.35. The van der Waals surface area contributed by atoms with Crippen LogP contribution in [0.25, 0.3) is 75.3 Å². The molecule has 3 aromatic heterocycles. The number of hydrogen-bond donors (Lipinski definition) is 0. The molecule has 10 aromatic rings. The van der Waals surface area contributed by atoms with Gasteiger partial charge in [0.25, 0.3) is 0 Å². The van der Waals surface area contributed by atoms with Gasteiger partial charge in [0.1, 0.15) is 5.58 Å². The number of thiophene rings is 1.